The van der Waals surface area contributed by atoms with E-state index in [1.54, 1.807) is 0 Å². The Balaban J connectivity index is 1.53. The molecule has 1 unspecified atom stereocenters. The molecule has 6 rings (SSSR count). The number of hydrogen-bond donors (Lipinski definition) is 1. The topological polar surface area (TPSA) is 54.6 Å². The van der Waals surface area contributed by atoms with Crippen LogP contribution in [0.15, 0.2) is 36.4 Å². The van der Waals surface area contributed by atoms with Gasteiger partial charge in [-0.05, 0) is 36.1 Å². The Labute approximate surface area is 144 Å². The third kappa shape index (κ3) is 1.65. The number of nitrogens with one attached hydrogen (secondary N) is 1. The van der Waals surface area contributed by atoms with Crippen molar-refractivity contribution in [2.45, 2.75) is 18.9 Å². The van der Waals surface area contributed by atoms with E-state index in [-0.39, 0.29) is 18.7 Å². The molecule has 1 aromatic heterocycles. The predicted molar refractivity (Wildman–Crippen MR) is 92.0 cm³/mol. The van der Waals surface area contributed by atoms with Crippen molar-refractivity contribution < 1.29 is 14.3 Å². The maximum absolute atomic E-state index is 13.2. The number of para-hydroxylation sites is 1. The third-order valence-corrected chi connectivity index (χ3v) is 5.67. The molecule has 1 N–H and O–H groups in total. The molecule has 0 bridgehead atoms. The van der Waals surface area contributed by atoms with Gasteiger partial charge < -0.3 is 19.4 Å². The molecule has 0 spiro atoms. The number of carbonyl (C=O) groups is 1. The summed E-state index contributed by atoms with van der Waals surface area (Å²) in [4.78, 5) is 18.8. The molecule has 0 saturated carbocycles. The van der Waals surface area contributed by atoms with Crippen LogP contribution in [-0.2, 0) is 12.8 Å². The van der Waals surface area contributed by atoms with Crippen molar-refractivity contribution in [2.24, 2.45) is 0 Å². The van der Waals surface area contributed by atoms with Crippen molar-refractivity contribution in [1.82, 2.24) is 9.88 Å². The minimum Gasteiger partial charge on any atom is -0.454 e. The zero-order valence-electron chi connectivity index (χ0n) is 13.5. The van der Waals surface area contributed by atoms with Crippen molar-refractivity contribution >= 4 is 16.8 Å². The average Bonchev–Trinajstić information content (AvgIpc) is 3.25. The van der Waals surface area contributed by atoms with E-state index in [1.807, 2.05) is 23.1 Å². The van der Waals surface area contributed by atoms with Gasteiger partial charge in [0.2, 0.25) is 6.79 Å². The lowest BCUT2D eigenvalue weighted by Gasteiger charge is -2.40. The van der Waals surface area contributed by atoms with Gasteiger partial charge in [-0.2, -0.15) is 0 Å². The molecule has 4 heterocycles. The van der Waals surface area contributed by atoms with Crippen LogP contribution in [0.5, 0.6) is 11.5 Å². The van der Waals surface area contributed by atoms with Crippen LogP contribution in [0, 0.1) is 0 Å². The van der Waals surface area contributed by atoms with Crippen LogP contribution in [0.4, 0.5) is 0 Å². The van der Waals surface area contributed by atoms with E-state index in [9.17, 15) is 4.79 Å². The summed E-state index contributed by atoms with van der Waals surface area (Å²) in [5, 5.41) is 1.28. The number of fused-ring (bicyclic) bond motifs is 8. The second kappa shape index (κ2) is 4.57. The molecule has 0 radical (unpaired) electrons. The summed E-state index contributed by atoms with van der Waals surface area (Å²) < 4.78 is 11.0. The van der Waals surface area contributed by atoms with E-state index >= 15 is 0 Å². The first-order valence-electron chi connectivity index (χ1n) is 8.63. The highest BCUT2D eigenvalue weighted by molar-refractivity contribution is 6.01. The van der Waals surface area contributed by atoms with Crippen LogP contribution in [-0.4, -0.2) is 29.1 Å². The predicted octanol–water partition coefficient (Wildman–Crippen LogP) is 3.19. The normalized spacial score (nSPS) is 20.4. The summed E-state index contributed by atoms with van der Waals surface area (Å²) in [5.41, 5.74) is 5.42. The van der Waals surface area contributed by atoms with Crippen LogP contribution in [0.3, 0.4) is 0 Å². The summed E-state index contributed by atoms with van der Waals surface area (Å²) in [6.45, 7) is 0.928. The van der Waals surface area contributed by atoms with E-state index < -0.39 is 0 Å². The van der Waals surface area contributed by atoms with E-state index in [1.165, 1.54) is 16.6 Å². The van der Waals surface area contributed by atoms with Gasteiger partial charge in [0.25, 0.3) is 5.91 Å². The molecular formula is C20H16N2O3. The number of H-pyrrole nitrogens is 1. The summed E-state index contributed by atoms with van der Waals surface area (Å²) >= 11 is 0. The number of nitrogens with zero attached hydrogens (tertiary/aromatic N) is 1. The van der Waals surface area contributed by atoms with E-state index in [4.69, 9.17) is 9.47 Å². The summed E-state index contributed by atoms with van der Waals surface area (Å²) in [5.74, 6) is 1.34. The third-order valence-electron chi connectivity index (χ3n) is 5.67. The highest BCUT2D eigenvalue weighted by atomic mass is 16.7. The average molecular weight is 332 g/mol. The van der Waals surface area contributed by atoms with E-state index in [2.05, 4.69) is 23.2 Å². The number of benzene rings is 2. The highest BCUT2D eigenvalue weighted by Crippen LogP contribution is 2.46. The standard InChI is InChI=1S/C20H16N2O3/c23-20-17-11(5-6-16-19(17)25-10-24-16)9-15-18-13(7-8-22(15)20)12-3-1-2-4-14(12)21-18/h1-6,15,21H,7-10H2. The smallest absolute Gasteiger partial charge is 0.258 e. The Morgan fingerprint density at radius 2 is 2.04 bits per heavy atom. The molecule has 0 saturated heterocycles. The van der Waals surface area contributed by atoms with E-state index in [0.29, 0.717) is 17.1 Å². The fourth-order valence-corrected chi connectivity index (χ4v) is 4.54. The van der Waals surface area contributed by atoms with Crippen molar-refractivity contribution in [3.8, 4) is 11.5 Å². The molecule has 1 atom stereocenters. The van der Waals surface area contributed by atoms with Gasteiger partial charge in [-0.1, -0.05) is 24.3 Å². The maximum Gasteiger partial charge on any atom is 0.258 e. The van der Waals surface area contributed by atoms with Crippen LogP contribution >= 0.6 is 0 Å². The molecule has 5 nitrogen and oxygen atoms in total. The molecular weight excluding hydrogens is 316 g/mol. The number of ether oxygens (including phenoxy) is 2. The number of aromatic amines is 1. The minimum atomic E-state index is 0.0536. The van der Waals surface area contributed by atoms with Gasteiger partial charge in [0.15, 0.2) is 11.5 Å². The number of aromatic nitrogens is 1. The quantitative estimate of drug-likeness (QED) is 0.688. The van der Waals surface area contributed by atoms with Gasteiger partial charge >= 0.3 is 0 Å². The van der Waals surface area contributed by atoms with Gasteiger partial charge in [-0.15, -0.1) is 0 Å². The van der Waals surface area contributed by atoms with E-state index in [0.717, 1.165) is 30.5 Å². The molecule has 3 aliphatic heterocycles. The monoisotopic (exact) mass is 332 g/mol. The maximum atomic E-state index is 13.2. The van der Waals surface area contributed by atoms with Gasteiger partial charge in [-0.3, -0.25) is 4.79 Å². The zero-order chi connectivity index (χ0) is 16.5. The summed E-state index contributed by atoms with van der Waals surface area (Å²) in [6.07, 6.45) is 1.68. The molecule has 5 heteroatoms. The Morgan fingerprint density at radius 1 is 1.12 bits per heavy atom. The highest BCUT2D eigenvalue weighted by Gasteiger charge is 2.41. The van der Waals surface area contributed by atoms with Crippen LogP contribution in [0.1, 0.15) is 33.2 Å². The Morgan fingerprint density at radius 3 is 3.00 bits per heavy atom. The molecule has 3 aliphatic rings. The van der Waals surface area contributed by atoms with Gasteiger partial charge in [-0.25, -0.2) is 0 Å². The molecule has 0 aliphatic carbocycles. The first-order valence-corrected chi connectivity index (χ1v) is 8.63. The largest absolute Gasteiger partial charge is 0.454 e. The number of hydrogen-bond acceptors (Lipinski definition) is 3. The van der Waals surface area contributed by atoms with Crippen molar-refractivity contribution in [3.05, 3.63) is 58.8 Å². The lowest BCUT2D eigenvalue weighted by atomic mass is 9.86. The van der Waals surface area contributed by atoms with Gasteiger partial charge in [0.1, 0.15) is 0 Å². The van der Waals surface area contributed by atoms with Crippen LogP contribution in [0.25, 0.3) is 10.9 Å². The van der Waals surface area contributed by atoms with Crippen LogP contribution in [0.2, 0.25) is 0 Å². The van der Waals surface area contributed by atoms with Crippen LogP contribution < -0.4 is 9.47 Å². The summed E-state index contributed by atoms with van der Waals surface area (Å²) in [6, 6.07) is 12.4. The number of rotatable bonds is 0. The lowest BCUT2D eigenvalue weighted by molar-refractivity contribution is 0.0622. The molecule has 3 aromatic rings. The van der Waals surface area contributed by atoms with Crippen molar-refractivity contribution in [2.75, 3.05) is 13.3 Å². The fourth-order valence-electron chi connectivity index (χ4n) is 4.54. The molecule has 0 fully saturated rings. The minimum absolute atomic E-state index is 0.0536. The lowest BCUT2D eigenvalue weighted by Crippen LogP contribution is -2.44. The molecule has 1 amide bonds. The zero-order valence-corrected chi connectivity index (χ0v) is 13.5. The number of amides is 1. The second-order valence-corrected chi connectivity index (χ2v) is 6.86. The Bertz CT molecular complexity index is 1050. The van der Waals surface area contributed by atoms with Crippen molar-refractivity contribution in [1.29, 1.82) is 0 Å². The first-order chi connectivity index (χ1) is 12.3. The van der Waals surface area contributed by atoms with Crippen molar-refractivity contribution in [3.63, 3.8) is 0 Å². The SMILES string of the molecule is O=C1c2c(ccc3c2OCO3)CC2c3[nH]c4ccccc4c3CCN12. The van der Waals surface area contributed by atoms with Gasteiger partial charge in [0, 0.05) is 23.1 Å². The molecule has 124 valence electrons. The Hall–Kier alpha value is -2.95. The second-order valence-electron chi connectivity index (χ2n) is 6.86. The fraction of sp³-hybridized carbons (Fsp3) is 0.250. The Kier molecular flexibility index (Phi) is 2.44. The number of carbonyl (C=O) groups excluding carboxylic acids is 1. The molecule has 25 heavy (non-hydrogen) atoms. The molecule has 2 aromatic carbocycles. The first kappa shape index (κ1) is 13.4. The summed E-state index contributed by atoms with van der Waals surface area (Å²) in [7, 11) is 0. The van der Waals surface area contributed by atoms with Gasteiger partial charge in [0.05, 0.1) is 11.6 Å².